The lowest BCUT2D eigenvalue weighted by atomic mass is 9.67. The second-order valence-corrected chi connectivity index (χ2v) is 13.5. The molecule has 1 N–H and O–H groups in total. The van der Waals surface area contributed by atoms with Crippen LogP contribution in [0.4, 0.5) is 0 Å². The van der Waals surface area contributed by atoms with Crippen molar-refractivity contribution in [3.8, 4) is 0 Å². The van der Waals surface area contributed by atoms with Crippen molar-refractivity contribution < 1.29 is 9.53 Å². The third-order valence-electron chi connectivity index (χ3n) is 4.97. The standard InChI is InChI=1S/C16H26BrNO2Si/c1-15(2,3)21(5,6)20-14-12(9-16(14,4)19)13-8-7-11(17)10-18-13/h7-8,10,12,14,19H,9H2,1-6H3/t12-,14?,16-/m1/s1. The number of halogens is 1. The average molecular weight is 372 g/mol. The van der Waals surface area contributed by atoms with Crippen LogP contribution < -0.4 is 0 Å². The van der Waals surface area contributed by atoms with Crippen molar-refractivity contribution in [2.45, 2.75) is 69.9 Å². The summed E-state index contributed by atoms with van der Waals surface area (Å²) in [6.45, 7) is 13.0. The lowest BCUT2D eigenvalue weighted by Crippen LogP contribution is -2.61. The molecule has 21 heavy (non-hydrogen) atoms. The maximum atomic E-state index is 10.5. The number of hydrogen-bond donors (Lipinski definition) is 1. The Kier molecular flexibility index (Phi) is 4.44. The van der Waals surface area contributed by atoms with Crippen LogP contribution in [0, 0.1) is 0 Å². The number of aliphatic hydroxyl groups is 1. The van der Waals surface area contributed by atoms with Crippen molar-refractivity contribution >= 4 is 24.2 Å². The topological polar surface area (TPSA) is 42.4 Å². The lowest BCUT2D eigenvalue weighted by Gasteiger charge is -2.53. The number of aromatic nitrogens is 1. The van der Waals surface area contributed by atoms with Crippen LogP contribution in [-0.4, -0.2) is 30.1 Å². The molecule has 1 saturated carbocycles. The maximum Gasteiger partial charge on any atom is 0.192 e. The smallest absolute Gasteiger partial charge is 0.192 e. The first-order chi connectivity index (χ1) is 9.44. The van der Waals surface area contributed by atoms with E-state index in [1.54, 1.807) is 0 Å². The first-order valence-electron chi connectivity index (χ1n) is 7.46. The third-order valence-corrected chi connectivity index (χ3v) is 9.89. The van der Waals surface area contributed by atoms with Crippen LogP contribution in [-0.2, 0) is 4.43 Å². The predicted octanol–water partition coefficient (Wildman–Crippen LogP) is 4.47. The summed E-state index contributed by atoms with van der Waals surface area (Å²) in [6, 6.07) is 4.02. The van der Waals surface area contributed by atoms with Gasteiger partial charge in [-0.3, -0.25) is 4.98 Å². The summed E-state index contributed by atoms with van der Waals surface area (Å²) in [4.78, 5) is 4.49. The molecule has 3 atom stereocenters. The van der Waals surface area contributed by atoms with E-state index in [9.17, 15) is 5.11 Å². The van der Waals surface area contributed by atoms with Crippen molar-refractivity contribution in [2.75, 3.05) is 0 Å². The highest BCUT2D eigenvalue weighted by molar-refractivity contribution is 9.10. The third kappa shape index (κ3) is 3.41. The molecular formula is C16H26BrNO2Si. The van der Waals surface area contributed by atoms with Gasteiger partial charge in [-0.1, -0.05) is 20.8 Å². The molecule has 0 spiro atoms. The summed E-state index contributed by atoms with van der Waals surface area (Å²) in [5.41, 5.74) is 0.253. The molecule has 0 amide bonds. The van der Waals surface area contributed by atoms with Crippen molar-refractivity contribution in [1.29, 1.82) is 0 Å². The number of hydrogen-bond acceptors (Lipinski definition) is 3. The van der Waals surface area contributed by atoms with Crippen LogP contribution in [0.25, 0.3) is 0 Å². The Morgan fingerprint density at radius 1 is 1.38 bits per heavy atom. The Morgan fingerprint density at radius 2 is 2.00 bits per heavy atom. The minimum Gasteiger partial charge on any atom is -0.410 e. The molecule has 0 saturated heterocycles. The van der Waals surface area contributed by atoms with Crippen LogP contribution in [0.15, 0.2) is 22.8 Å². The molecule has 1 aromatic heterocycles. The monoisotopic (exact) mass is 371 g/mol. The quantitative estimate of drug-likeness (QED) is 0.796. The molecule has 1 aliphatic carbocycles. The molecule has 1 fully saturated rings. The van der Waals surface area contributed by atoms with E-state index in [2.05, 4.69) is 54.8 Å². The zero-order valence-corrected chi connectivity index (χ0v) is 16.4. The van der Waals surface area contributed by atoms with Crippen LogP contribution in [0.1, 0.15) is 45.7 Å². The highest BCUT2D eigenvalue weighted by Gasteiger charge is 2.55. The molecule has 2 rings (SSSR count). The molecule has 0 radical (unpaired) electrons. The number of rotatable bonds is 3. The Morgan fingerprint density at radius 3 is 2.43 bits per heavy atom. The Bertz CT molecular complexity index is 508. The zero-order valence-electron chi connectivity index (χ0n) is 13.8. The van der Waals surface area contributed by atoms with Gasteiger partial charge in [-0.05, 0) is 59.5 Å². The summed E-state index contributed by atoms with van der Waals surface area (Å²) in [5.74, 6) is 0.183. The van der Waals surface area contributed by atoms with E-state index in [1.165, 1.54) is 0 Å². The van der Waals surface area contributed by atoms with Crippen molar-refractivity contribution in [1.82, 2.24) is 4.98 Å². The van der Waals surface area contributed by atoms with Gasteiger partial charge >= 0.3 is 0 Å². The van der Waals surface area contributed by atoms with Crippen LogP contribution in [0.2, 0.25) is 18.1 Å². The molecule has 1 aliphatic rings. The highest BCUT2D eigenvalue weighted by Crippen LogP contribution is 2.50. The SMILES string of the molecule is CC(C)(C)[Si](C)(C)OC1[C@@H](c2ccc(Br)cn2)C[C@@]1(C)O. The Hall–Kier alpha value is -0.233. The summed E-state index contributed by atoms with van der Waals surface area (Å²) < 4.78 is 7.46. The van der Waals surface area contributed by atoms with Crippen LogP contribution in [0.5, 0.6) is 0 Å². The zero-order chi connectivity index (χ0) is 16.1. The van der Waals surface area contributed by atoms with E-state index in [0.29, 0.717) is 6.42 Å². The second-order valence-electron chi connectivity index (χ2n) is 7.87. The van der Waals surface area contributed by atoms with E-state index >= 15 is 0 Å². The van der Waals surface area contributed by atoms with E-state index in [4.69, 9.17) is 4.43 Å². The van der Waals surface area contributed by atoms with Crippen LogP contribution >= 0.6 is 15.9 Å². The van der Waals surface area contributed by atoms with E-state index in [0.717, 1.165) is 10.2 Å². The lowest BCUT2D eigenvalue weighted by molar-refractivity contribution is -0.141. The summed E-state index contributed by atoms with van der Waals surface area (Å²) in [6.07, 6.45) is 2.36. The minimum atomic E-state index is -1.91. The molecule has 118 valence electrons. The van der Waals surface area contributed by atoms with Gasteiger partial charge in [0.25, 0.3) is 0 Å². The van der Waals surface area contributed by atoms with Crippen LogP contribution in [0.3, 0.4) is 0 Å². The molecule has 3 nitrogen and oxygen atoms in total. The molecule has 1 heterocycles. The normalized spacial score (nSPS) is 30.1. The van der Waals surface area contributed by atoms with E-state index in [1.807, 2.05) is 25.3 Å². The largest absolute Gasteiger partial charge is 0.410 e. The predicted molar refractivity (Wildman–Crippen MR) is 92.0 cm³/mol. The van der Waals surface area contributed by atoms with Gasteiger partial charge in [-0.25, -0.2) is 0 Å². The molecule has 0 aromatic carbocycles. The molecule has 1 aromatic rings. The van der Waals surface area contributed by atoms with Crippen molar-refractivity contribution in [3.63, 3.8) is 0 Å². The van der Waals surface area contributed by atoms with Gasteiger partial charge in [-0.15, -0.1) is 0 Å². The Labute approximate surface area is 137 Å². The van der Waals surface area contributed by atoms with Gasteiger partial charge in [0, 0.05) is 22.3 Å². The first kappa shape index (κ1) is 17.1. The molecule has 0 aliphatic heterocycles. The fourth-order valence-corrected chi connectivity index (χ4v) is 4.15. The molecule has 1 unspecified atom stereocenters. The van der Waals surface area contributed by atoms with E-state index in [-0.39, 0.29) is 17.1 Å². The highest BCUT2D eigenvalue weighted by atomic mass is 79.9. The molecular weight excluding hydrogens is 346 g/mol. The maximum absolute atomic E-state index is 10.5. The summed E-state index contributed by atoms with van der Waals surface area (Å²) >= 11 is 3.41. The van der Waals surface area contributed by atoms with Gasteiger partial charge in [0.05, 0.1) is 11.7 Å². The fraction of sp³-hybridized carbons (Fsp3) is 0.688. The summed E-state index contributed by atoms with van der Waals surface area (Å²) in [5, 5.41) is 10.7. The number of nitrogens with zero attached hydrogens (tertiary/aromatic N) is 1. The first-order valence-corrected chi connectivity index (χ1v) is 11.2. The number of pyridine rings is 1. The van der Waals surface area contributed by atoms with Gasteiger partial charge < -0.3 is 9.53 Å². The average Bonchev–Trinajstić information content (AvgIpc) is 2.34. The second kappa shape index (κ2) is 5.44. The fourth-order valence-electron chi connectivity index (χ4n) is 2.51. The minimum absolute atomic E-state index is 0.135. The summed E-state index contributed by atoms with van der Waals surface area (Å²) in [7, 11) is -1.91. The van der Waals surface area contributed by atoms with Crippen molar-refractivity contribution in [3.05, 3.63) is 28.5 Å². The van der Waals surface area contributed by atoms with Crippen molar-refractivity contribution in [2.24, 2.45) is 0 Å². The van der Waals surface area contributed by atoms with Gasteiger partial charge in [0.15, 0.2) is 8.32 Å². The van der Waals surface area contributed by atoms with Gasteiger partial charge in [-0.2, -0.15) is 0 Å². The van der Waals surface area contributed by atoms with E-state index < -0.39 is 13.9 Å². The molecule has 5 heteroatoms. The van der Waals surface area contributed by atoms with Gasteiger partial charge in [0.1, 0.15) is 0 Å². The molecule has 0 bridgehead atoms. The Balaban J connectivity index is 2.21. The van der Waals surface area contributed by atoms with Gasteiger partial charge in [0.2, 0.25) is 0 Å².